The summed E-state index contributed by atoms with van der Waals surface area (Å²) >= 11 is 6.66. The number of hydrogen-bond donors (Lipinski definition) is 0. The van der Waals surface area contributed by atoms with E-state index >= 15 is 0 Å². The zero-order valence-corrected chi connectivity index (χ0v) is 10.4. The third kappa shape index (κ3) is 2.57. The highest BCUT2D eigenvalue weighted by atomic mass is 35.5. The lowest BCUT2D eigenvalue weighted by molar-refractivity contribution is -0.137. The molecule has 1 aromatic heterocycles. The summed E-state index contributed by atoms with van der Waals surface area (Å²) in [6.45, 7) is 0. The first kappa shape index (κ1) is 13.1. The first-order chi connectivity index (χ1) is 8.41. The molecule has 0 aliphatic rings. The van der Waals surface area contributed by atoms with Crippen LogP contribution in [0.15, 0.2) is 30.3 Å². The van der Waals surface area contributed by atoms with Gasteiger partial charge in [-0.15, -0.1) is 11.3 Å². The van der Waals surface area contributed by atoms with E-state index in [2.05, 4.69) is 0 Å². The fourth-order valence-corrected chi connectivity index (χ4v) is 2.51. The van der Waals surface area contributed by atoms with E-state index in [4.69, 9.17) is 11.6 Å². The fourth-order valence-electron chi connectivity index (χ4n) is 1.47. The largest absolute Gasteiger partial charge is 0.417 e. The Morgan fingerprint density at radius 1 is 1.17 bits per heavy atom. The fraction of sp³-hybridized carbons (Fsp3) is 0.0833. The second kappa shape index (κ2) is 4.74. The second-order valence-corrected chi connectivity index (χ2v) is 5.03. The third-order valence-electron chi connectivity index (χ3n) is 2.30. The van der Waals surface area contributed by atoms with Gasteiger partial charge in [0.2, 0.25) is 0 Å². The number of halogens is 4. The van der Waals surface area contributed by atoms with E-state index in [0.29, 0.717) is 21.6 Å². The van der Waals surface area contributed by atoms with Crippen LogP contribution in [0.5, 0.6) is 0 Å². The lowest BCUT2D eigenvalue weighted by Crippen LogP contribution is -2.05. The summed E-state index contributed by atoms with van der Waals surface area (Å²) < 4.78 is 38.0. The molecule has 0 aliphatic heterocycles. The highest BCUT2D eigenvalue weighted by molar-refractivity contribution is 7.17. The molecule has 2 aromatic rings. The predicted molar refractivity (Wildman–Crippen MR) is 65.2 cm³/mol. The molecular weight excluding hydrogens is 285 g/mol. The van der Waals surface area contributed by atoms with Crippen LogP contribution in [0.1, 0.15) is 15.2 Å². The normalized spacial score (nSPS) is 11.6. The molecule has 0 bridgehead atoms. The molecule has 0 radical (unpaired) electrons. The number of hydrogen-bond acceptors (Lipinski definition) is 2. The molecule has 0 spiro atoms. The van der Waals surface area contributed by atoms with Crippen LogP contribution in [0, 0.1) is 0 Å². The Labute approximate surface area is 110 Å². The zero-order valence-electron chi connectivity index (χ0n) is 8.79. The van der Waals surface area contributed by atoms with Gasteiger partial charge in [0.1, 0.15) is 0 Å². The van der Waals surface area contributed by atoms with Crippen molar-refractivity contribution in [3.8, 4) is 10.4 Å². The Morgan fingerprint density at radius 3 is 2.44 bits per heavy atom. The van der Waals surface area contributed by atoms with E-state index in [9.17, 15) is 18.0 Å². The maximum atomic E-state index is 12.7. The van der Waals surface area contributed by atoms with Crippen molar-refractivity contribution in [2.45, 2.75) is 6.18 Å². The van der Waals surface area contributed by atoms with E-state index in [1.165, 1.54) is 12.1 Å². The Kier molecular flexibility index (Phi) is 3.45. The van der Waals surface area contributed by atoms with Gasteiger partial charge in [-0.3, -0.25) is 4.79 Å². The molecule has 6 heteroatoms. The summed E-state index contributed by atoms with van der Waals surface area (Å²) in [5.74, 6) is 0. The number of carbonyl (C=O) groups excluding carboxylic acids is 1. The molecule has 0 amide bonds. The molecular formula is C12H6ClF3OS. The van der Waals surface area contributed by atoms with Crippen molar-refractivity contribution in [3.05, 3.63) is 45.8 Å². The molecule has 0 N–H and O–H groups in total. The van der Waals surface area contributed by atoms with Crippen molar-refractivity contribution in [1.82, 2.24) is 0 Å². The van der Waals surface area contributed by atoms with Gasteiger partial charge in [-0.1, -0.05) is 17.7 Å². The maximum Gasteiger partial charge on any atom is 0.417 e. The van der Waals surface area contributed by atoms with E-state index in [1.54, 1.807) is 12.1 Å². The zero-order chi connectivity index (χ0) is 13.3. The van der Waals surface area contributed by atoms with Crippen LogP contribution in [-0.2, 0) is 6.18 Å². The van der Waals surface area contributed by atoms with Gasteiger partial charge in [-0.05, 0) is 29.8 Å². The molecule has 1 nitrogen and oxygen atoms in total. The summed E-state index contributed by atoms with van der Waals surface area (Å²) in [4.78, 5) is 11.6. The van der Waals surface area contributed by atoms with Gasteiger partial charge in [0.25, 0.3) is 0 Å². The van der Waals surface area contributed by atoms with Gasteiger partial charge in [0.05, 0.1) is 15.5 Å². The maximum absolute atomic E-state index is 12.7. The average molecular weight is 291 g/mol. The lowest BCUT2D eigenvalue weighted by atomic mass is 10.1. The standard InChI is InChI=1S/C12H6ClF3OS/c13-10-3-1-7(5-9(10)12(14,15)16)11-4-2-8(6-17)18-11/h1-6H. The molecule has 0 unspecified atom stereocenters. The molecule has 0 aliphatic carbocycles. The van der Waals surface area contributed by atoms with Crippen LogP contribution in [0.25, 0.3) is 10.4 Å². The van der Waals surface area contributed by atoms with E-state index < -0.39 is 11.7 Å². The van der Waals surface area contributed by atoms with Crippen LogP contribution >= 0.6 is 22.9 Å². The molecule has 94 valence electrons. The Hall–Kier alpha value is -1.33. The predicted octanol–water partition coefficient (Wildman–Crippen LogP) is 4.90. The lowest BCUT2D eigenvalue weighted by Gasteiger charge is -2.10. The number of benzene rings is 1. The van der Waals surface area contributed by atoms with Gasteiger partial charge in [0.15, 0.2) is 6.29 Å². The van der Waals surface area contributed by atoms with E-state index in [-0.39, 0.29) is 5.02 Å². The van der Waals surface area contributed by atoms with Crippen LogP contribution in [0.2, 0.25) is 5.02 Å². The van der Waals surface area contributed by atoms with Crippen LogP contribution < -0.4 is 0 Å². The SMILES string of the molecule is O=Cc1ccc(-c2ccc(Cl)c(C(F)(F)F)c2)s1. The van der Waals surface area contributed by atoms with Crippen molar-refractivity contribution < 1.29 is 18.0 Å². The first-order valence-corrected chi connectivity index (χ1v) is 6.03. The molecule has 2 rings (SSSR count). The summed E-state index contributed by atoms with van der Waals surface area (Å²) in [6, 6.07) is 6.87. The van der Waals surface area contributed by atoms with E-state index in [1.807, 2.05) is 0 Å². The molecule has 18 heavy (non-hydrogen) atoms. The van der Waals surface area contributed by atoms with Crippen molar-refractivity contribution >= 4 is 29.2 Å². The summed E-state index contributed by atoms with van der Waals surface area (Å²) in [5.41, 5.74) is -0.479. The smallest absolute Gasteiger partial charge is 0.297 e. The van der Waals surface area contributed by atoms with Crippen molar-refractivity contribution in [3.63, 3.8) is 0 Å². The summed E-state index contributed by atoms with van der Waals surface area (Å²) in [6.07, 6.45) is -3.83. The molecule has 0 saturated carbocycles. The minimum Gasteiger partial charge on any atom is -0.297 e. The minimum atomic E-state index is -4.49. The Bertz CT molecular complexity index is 589. The molecule has 0 atom stereocenters. The van der Waals surface area contributed by atoms with Crippen LogP contribution in [-0.4, -0.2) is 6.29 Å². The summed E-state index contributed by atoms with van der Waals surface area (Å²) in [7, 11) is 0. The number of rotatable bonds is 2. The highest BCUT2D eigenvalue weighted by Crippen LogP contribution is 2.38. The Balaban J connectivity index is 2.50. The topological polar surface area (TPSA) is 17.1 Å². The first-order valence-electron chi connectivity index (χ1n) is 4.84. The van der Waals surface area contributed by atoms with Crippen LogP contribution in [0.4, 0.5) is 13.2 Å². The van der Waals surface area contributed by atoms with Gasteiger partial charge < -0.3 is 0 Å². The van der Waals surface area contributed by atoms with Crippen molar-refractivity contribution in [1.29, 1.82) is 0 Å². The molecule has 1 heterocycles. The van der Waals surface area contributed by atoms with Gasteiger partial charge in [-0.2, -0.15) is 13.2 Å². The monoisotopic (exact) mass is 290 g/mol. The average Bonchev–Trinajstić information content (AvgIpc) is 2.76. The van der Waals surface area contributed by atoms with Gasteiger partial charge in [0, 0.05) is 4.88 Å². The number of alkyl halides is 3. The second-order valence-electron chi connectivity index (χ2n) is 3.51. The third-order valence-corrected chi connectivity index (χ3v) is 3.69. The molecule has 0 saturated heterocycles. The van der Waals surface area contributed by atoms with Gasteiger partial charge in [-0.25, -0.2) is 0 Å². The quantitative estimate of drug-likeness (QED) is 0.719. The van der Waals surface area contributed by atoms with Crippen molar-refractivity contribution in [2.24, 2.45) is 0 Å². The number of aldehydes is 1. The highest BCUT2D eigenvalue weighted by Gasteiger charge is 2.33. The number of carbonyl (C=O) groups is 1. The van der Waals surface area contributed by atoms with Crippen LogP contribution in [0.3, 0.4) is 0 Å². The Morgan fingerprint density at radius 2 is 1.89 bits per heavy atom. The molecule has 1 aromatic carbocycles. The van der Waals surface area contributed by atoms with Crippen molar-refractivity contribution in [2.75, 3.05) is 0 Å². The minimum absolute atomic E-state index is 0.335. The van der Waals surface area contributed by atoms with Gasteiger partial charge >= 0.3 is 6.18 Å². The van der Waals surface area contributed by atoms with E-state index in [0.717, 1.165) is 17.4 Å². The summed E-state index contributed by atoms with van der Waals surface area (Å²) in [5, 5.41) is -0.335. The molecule has 0 fully saturated rings. The number of thiophene rings is 1.